The Kier molecular flexibility index (Phi) is 16.0. The van der Waals surface area contributed by atoms with Gasteiger partial charge in [-0.2, -0.15) is 17.6 Å². The van der Waals surface area contributed by atoms with Crippen LogP contribution in [0, 0.1) is 5.92 Å². The smallest absolute Gasteiger partial charge is 0.345 e. The highest BCUT2D eigenvalue weighted by molar-refractivity contribution is 5.99. The standard InChI is InChI=1S/C32H45F4N5O9/c1-19(2)13-22(39-28(45)23(16-48-30(33)34)37-25(42)15-41-9-11-47-12-10-41)27(44)40-24(17-49-31(35)36)29(46)38-21(26(43)32(3)18-50-32)14-20-7-5-4-6-8-20/h4-8,19,21-24,30-31H,9-18H2,1-3H3,(H,37,42)(H,38,46)(H,39,45)(H,40,44)/t21-,22-,23-,24-,32+/m0/s1. The van der Waals surface area contributed by atoms with Crippen molar-refractivity contribution >= 4 is 29.4 Å². The summed E-state index contributed by atoms with van der Waals surface area (Å²) in [5, 5.41) is 9.57. The fourth-order valence-electron chi connectivity index (χ4n) is 5.10. The first-order valence-corrected chi connectivity index (χ1v) is 16.2. The molecule has 14 nitrogen and oxygen atoms in total. The zero-order valence-electron chi connectivity index (χ0n) is 28.1. The largest absolute Gasteiger partial charge is 0.379 e. The molecule has 0 saturated carbocycles. The lowest BCUT2D eigenvalue weighted by Crippen LogP contribution is -2.60. The van der Waals surface area contributed by atoms with Crippen LogP contribution < -0.4 is 21.3 Å². The minimum absolute atomic E-state index is 0.0338. The summed E-state index contributed by atoms with van der Waals surface area (Å²) in [6.45, 7) is -1.94. The number of carbonyl (C=O) groups excluding carboxylic acids is 5. The summed E-state index contributed by atoms with van der Waals surface area (Å²) >= 11 is 0. The Bertz CT molecular complexity index is 1280. The van der Waals surface area contributed by atoms with Gasteiger partial charge in [-0.05, 0) is 31.2 Å². The van der Waals surface area contributed by atoms with Gasteiger partial charge in [-0.25, -0.2) is 0 Å². The van der Waals surface area contributed by atoms with E-state index in [9.17, 15) is 41.5 Å². The van der Waals surface area contributed by atoms with Crippen LogP contribution in [0.1, 0.15) is 32.8 Å². The summed E-state index contributed by atoms with van der Waals surface area (Å²) in [6.07, 6.45) is -0.0112. The van der Waals surface area contributed by atoms with E-state index >= 15 is 0 Å². The molecule has 0 bridgehead atoms. The summed E-state index contributed by atoms with van der Waals surface area (Å²) in [7, 11) is 0. The number of rotatable bonds is 21. The van der Waals surface area contributed by atoms with Gasteiger partial charge < -0.3 is 40.2 Å². The Hall–Kier alpha value is -3.71. The second kappa shape index (κ2) is 19.6. The zero-order chi connectivity index (χ0) is 36.8. The molecule has 18 heteroatoms. The molecule has 0 radical (unpaired) electrons. The molecule has 0 aromatic heterocycles. The molecule has 4 N–H and O–H groups in total. The molecular formula is C32H45F4N5O9. The van der Waals surface area contributed by atoms with Crippen molar-refractivity contribution in [3.8, 4) is 0 Å². The average Bonchev–Trinajstić information content (AvgIpc) is 3.82. The van der Waals surface area contributed by atoms with Crippen LogP contribution in [-0.4, -0.2) is 130 Å². The highest BCUT2D eigenvalue weighted by atomic mass is 19.3. The third-order valence-corrected chi connectivity index (χ3v) is 7.89. The number of hydrogen-bond donors (Lipinski definition) is 4. The lowest BCUT2D eigenvalue weighted by molar-refractivity contribution is -0.150. The van der Waals surface area contributed by atoms with Crippen molar-refractivity contribution in [1.82, 2.24) is 26.2 Å². The molecule has 2 saturated heterocycles. The molecular weight excluding hydrogens is 674 g/mol. The fraction of sp³-hybridized carbons (Fsp3) is 0.656. The third kappa shape index (κ3) is 13.9. The Labute approximate surface area is 287 Å². The molecule has 50 heavy (non-hydrogen) atoms. The monoisotopic (exact) mass is 719 g/mol. The molecule has 5 atom stereocenters. The summed E-state index contributed by atoms with van der Waals surface area (Å²) in [4.78, 5) is 68.0. The molecule has 0 unspecified atom stereocenters. The number of benzene rings is 1. The van der Waals surface area contributed by atoms with Gasteiger partial charge in [0.2, 0.25) is 23.6 Å². The number of morpholine rings is 1. The van der Waals surface area contributed by atoms with E-state index in [-0.39, 0.29) is 31.9 Å². The zero-order valence-corrected chi connectivity index (χ0v) is 28.1. The Morgan fingerprint density at radius 3 is 1.82 bits per heavy atom. The minimum atomic E-state index is -3.31. The third-order valence-electron chi connectivity index (χ3n) is 7.89. The SMILES string of the molecule is CC(C)C[C@H](NC(=O)[C@H](COC(F)F)NC(=O)CN1CCOCC1)C(=O)N[C@@H](COC(F)F)C(=O)N[C@@H](Cc1ccccc1)C(=O)[C@@]1(C)CO1. The number of alkyl halides is 4. The van der Waals surface area contributed by atoms with Crippen LogP contribution in [0.25, 0.3) is 0 Å². The van der Waals surface area contributed by atoms with Crippen LogP contribution in [0.5, 0.6) is 0 Å². The molecule has 1 aromatic carbocycles. The molecule has 0 spiro atoms. The predicted octanol–water partition coefficient (Wildman–Crippen LogP) is 0.383. The first kappa shape index (κ1) is 40.7. The van der Waals surface area contributed by atoms with Crippen molar-refractivity contribution in [3.05, 3.63) is 35.9 Å². The highest BCUT2D eigenvalue weighted by Gasteiger charge is 2.50. The second-order valence-electron chi connectivity index (χ2n) is 12.6. The number of epoxide rings is 1. The van der Waals surface area contributed by atoms with E-state index in [0.717, 1.165) is 0 Å². The van der Waals surface area contributed by atoms with Crippen molar-refractivity contribution in [3.63, 3.8) is 0 Å². The van der Waals surface area contributed by atoms with E-state index in [1.165, 1.54) is 0 Å². The number of ether oxygens (including phenoxy) is 4. The maximum atomic E-state index is 13.5. The van der Waals surface area contributed by atoms with Crippen LogP contribution >= 0.6 is 0 Å². The Morgan fingerprint density at radius 2 is 1.30 bits per heavy atom. The normalized spacial score (nSPS) is 20.1. The summed E-state index contributed by atoms with van der Waals surface area (Å²) in [5.41, 5.74) is -0.471. The van der Waals surface area contributed by atoms with Crippen molar-refractivity contribution in [2.45, 2.75) is 76.6 Å². The van der Waals surface area contributed by atoms with Crippen molar-refractivity contribution in [1.29, 1.82) is 0 Å². The van der Waals surface area contributed by atoms with E-state index < -0.39 is 85.6 Å². The van der Waals surface area contributed by atoms with Gasteiger partial charge in [0, 0.05) is 13.1 Å². The summed E-state index contributed by atoms with van der Waals surface area (Å²) in [5.74, 6) is -4.45. The van der Waals surface area contributed by atoms with Gasteiger partial charge in [0.05, 0.1) is 45.6 Å². The van der Waals surface area contributed by atoms with E-state index in [1.807, 2.05) is 0 Å². The van der Waals surface area contributed by atoms with E-state index in [2.05, 4.69) is 30.7 Å². The number of carbonyl (C=O) groups is 5. The van der Waals surface area contributed by atoms with Gasteiger partial charge in [-0.3, -0.25) is 28.9 Å². The molecule has 2 fully saturated rings. The lowest BCUT2D eigenvalue weighted by atomic mass is 9.94. The van der Waals surface area contributed by atoms with Gasteiger partial charge in [0.15, 0.2) is 5.78 Å². The van der Waals surface area contributed by atoms with E-state index in [1.54, 1.807) is 56.0 Å². The van der Waals surface area contributed by atoms with Gasteiger partial charge in [-0.15, -0.1) is 0 Å². The van der Waals surface area contributed by atoms with Crippen LogP contribution in [0.4, 0.5) is 17.6 Å². The van der Waals surface area contributed by atoms with Gasteiger partial charge in [0.1, 0.15) is 23.7 Å². The Balaban J connectivity index is 1.75. The number of hydrogen-bond acceptors (Lipinski definition) is 10. The predicted molar refractivity (Wildman–Crippen MR) is 168 cm³/mol. The lowest BCUT2D eigenvalue weighted by Gasteiger charge is -2.28. The van der Waals surface area contributed by atoms with Crippen molar-refractivity contribution in [2.24, 2.45) is 5.92 Å². The minimum Gasteiger partial charge on any atom is -0.379 e. The molecule has 2 heterocycles. The van der Waals surface area contributed by atoms with Crippen LogP contribution in [-0.2, 0) is 49.3 Å². The number of halogens is 4. The van der Waals surface area contributed by atoms with Crippen molar-refractivity contribution < 1.29 is 60.5 Å². The van der Waals surface area contributed by atoms with Gasteiger partial charge in [-0.1, -0.05) is 44.2 Å². The molecule has 1 aromatic rings. The maximum Gasteiger partial charge on any atom is 0.345 e. The average molecular weight is 720 g/mol. The number of nitrogens with zero attached hydrogens (tertiary/aromatic N) is 1. The van der Waals surface area contributed by atoms with Gasteiger partial charge >= 0.3 is 13.2 Å². The van der Waals surface area contributed by atoms with Gasteiger partial charge in [0.25, 0.3) is 0 Å². The first-order chi connectivity index (χ1) is 23.7. The van der Waals surface area contributed by atoms with Crippen molar-refractivity contribution in [2.75, 3.05) is 52.7 Å². The van der Waals surface area contributed by atoms with E-state index in [4.69, 9.17) is 9.47 Å². The molecule has 2 aliphatic rings. The summed E-state index contributed by atoms with van der Waals surface area (Å²) in [6, 6.07) is 2.70. The quantitative estimate of drug-likeness (QED) is 0.103. The molecule has 3 rings (SSSR count). The number of amides is 4. The molecule has 2 aliphatic heterocycles. The maximum absolute atomic E-state index is 13.5. The van der Waals surface area contributed by atoms with E-state index in [0.29, 0.717) is 31.9 Å². The molecule has 4 amide bonds. The van der Waals surface area contributed by atoms with Crippen LogP contribution in [0.2, 0.25) is 0 Å². The topological polar surface area (TPSA) is 177 Å². The summed E-state index contributed by atoms with van der Waals surface area (Å²) < 4.78 is 71.2. The second-order valence-corrected chi connectivity index (χ2v) is 12.6. The molecule has 0 aliphatic carbocycles. The Morgan fingerprint density at radius 1 is 0.800 bits per heavy atom. The van der Waals surface area contributed by atoms with Crippen LogP contribution in [0.3, 0.4) is 0 Å². The first-order valence-electron chi connectivity index (χ1n) is 16.2. The molecule has 280 valence electrons. The number of nitrogens with one attached hydrogen (secondary N) is 4. The number of ketones is 1. The van der Waals surface area contributed by atoms with Crippen LogP contribution in [0.15, 0.2) is 30.3 Å². The number of Topliss-reactive ketones (excluding diaryl/α,β-unsaturated/α-hetero) is 1. The fourth-order valence-corrected chi connectivity index (χ4v) is 5.10. The highest BCUT2D eigenvalue weighted by Crippen LogP contribution is 2.29.